The van der Waals surface area contributed by atoms with Crippen molar-refractivity contribution in [2.75, 3.05) is 13.2 Å². The van der Waals surface area contributed by atoms with Gasteiger partial charge >= 0.3 is 0 Å². The maximum atomic E-state index is 13.1. The van der Waals surface area contributed by atoms with E-state index in [-0.39, 0.29) is 17.9 Å². The van der Waals surface area contributed by atoms with Crippen LogP contribution in [-0.2, 0) is 19.4 Å². The van der Waals surface area contributed by atoms with Crippen LogP contribution in [0.4, 0.5) is 0 Å². The fourth-order valence-corrected chi connectivity index (χ4v) is 5.28. The molecule has 28 heavy (non-hydrogen) atoms. The minimum Gasteiger partial charge on any atom is -0.486 e. The number of carbonyl (C=O) groups excluding carboxylic acids is 1. The molecule has 0 bridgehead atoms. The van der Waals surface area contributed by atoms with Crippen LogP contribution in [0.25, 0.3) is 10.2 Å². The van der Waals surface area contributed by atoms with Crippen LogP contribution in [0.15, 0.2) is 29.3 Å². The Bertz CT molecular complexity index is 1150. The first-order valence-corrected chi connectivity index (χ1v) is 10.3. The number of aromatic nitrogens is 2. The maximum absolute atomic E-state index is 13.1. The van der Waals surface area contributed by atoms with E-state index >= 15 is 0 Å². The molecule has 7 heteroatoms. The third-order valence-electron chi connectivity index (χ3n) is 5.46. The van der Waals surface area contributed by atoms with Crippen LogP contribution >= 0.6 is 11.3 Å². The second kappa shape index (κ2) is 6.74. The van der Waals surface area contributed by atoms with Gasteiger partial charge in [0.05, 0.1) is 18.3 Å². The quantitative estimate of drug-likeness (QED) is 0.636. The van der Waals surface area contributed by atoms with Gasteiger partial charge in [-0.1, -0.05) is 6.92 Å². The number of ether oxygens (including phenoxy) is 2. The lowest BCUT2D eigenvalue weighted by Gasteiger charge is -2.18. The Labute approximate surface area is 165 Å². The third-order valence-corrected chi connectivity index (χ3v) is 6.62. The number of aryl methyl sites for hydroxylation is 1. The standard InChI is InChI=1S/C21H20N2O4S/c1-12-2-4-14-18(8-12)28-20-19(14)21(25)23(11-22-20)10-15(24)13-3-5-16-17(9-13)27-7-6-26-16/h3,5,9,11-12H,2,4,6-8,10H2,1H3. The van der Waals surface area contributed by atoms with Crippen LogP contribution in [-0.4, -0.2) is 28.5 Å². The van der Waals surface area contributed by atoms with Crippen LogP contribution in [0.1, 0.15) is 34.1 Å². The highest BCUT2D eigenvalue weighted by Gasteiger charge is 2.24. The molecule has 0 saturated carbocycles. The van der Waals surface area contributed by atoms with E-state index in [0.29, 0.717) is 41.6 Å². The first kappa shape index (κ1) is 17.4. The number of ketones is 1. The summed E-state index contributed by atoms with van der Waals surface area (Å²) in [5.41, 5.74) is 1.51. The van der Waals surface area contributed by atoms with Crippen molar-refractivity contribution in [3.8, 4) is 11.5 Å². The van der Waals surface area contributed by atoms with Crippen molar-refractivity contribution in [1.29, 1.82) is 0 Å². The van der Waals surface area contributed by atoms with Crippen molar-refractivity contribution in [1.82, 2.24) is 9.55 Å². The Hall–Kier alpha value is -2.67. The average molecular weight is 396 g/mol. The molecule has 0 saturated heterocycles. The van der Waals surface area contributed by atoms with E-state index in [4.69, 9.17) is 9.47 Å². The van der Waals surface area contributed by atoms with Crippen molar-refractivity contribution in [2.24, 2.45) is 5.92 Å². The van der Waals surface area contributed by atoms with Crippen LogP contribution < -0.4 is 15.0 Å². The Balaban J connectivity index is 1.47. The molecule has 144 valence electrons. The van der Waals surface area contributed by atoms with Gasteiger partial charge in [0.25, 0.3) is 5.56 Å². The summed E-state index contributed by atoms with van der Waals surface area (Å²) in [6.07, 6.45) is 4.49. The molecular formula is C21H20N2O4S. The van der Waals surface area contributed by atoms with E-state index in [1.165, 1.54) is 15.8 Å². The zero-order valence-electron chi connectivity index (χ0n) is 15.6. The second-order valence-corrected chi connectivity index (χ2v) is 8.57. The van der Waals surface area contributed by atoms with E-state index in [1.54, 1.807) is 29.5 Å². The minimum absolute atomic E-state index is 0.0392. The monoisotopic (exact) mass is 396 g/mol. The van der Waals surface area contributed by atoms with Crippen LogP contribution in [0.5, 0.6) is 11.5 Å². The lowest BCUT2D eigenvalue weighted by Crippen LogP contribution is -2.25. The highest BCUT2D eigenvalue weighted by atomic mass is 32.1. The van der Waals surface area contributed by atoms with Gasteiger partial charge < -0.3 is 9.47 Å². The molecule has 0 amide bonds. The Morgan fingerprint density at radius 3 is 2.96 bits per heavy atom. The number of carbonyl (C=O) groups is 1. The van der Waals surface area contributed by atoms with Crippen molar-refractivity contribution in [3.05, 3.63) is 50.9 Å². The SMILES string of the molecule is CC1CCc2c(sc3ncn(CC(=O)c4ccc5c(c4)OCCO5)c(=O)c23)C1. The van der Waals surface area contributed by atoms with Gasteiger partial charge in [-0.3, -0.25) is 14.2 Å². The molecule has 1 aliphatic carbocycles. The van der Waals surface area contributed by atoms with Gasteiger partial charge in [0.1, 0.15) is 18.0 Å². The number of hydrogen-bond acceptors (Lipinski definition) is 6. The molecule has 1 aliphatic heterocycles. The molecule has 0 fully saturated rings. The molecule has 3 heterocycles. The van der Waals surface area contributed by atoms with Gasteiger partial charge in [0.15, 0.2) is 17.3 Å². The smallest absolute Gasteiger partial charge is 0.262 e. The number of benzene rings is 1. The number of Topliss-reactive ketones (excluding diaryl/α,β-unsaturated/α-hetero) is 1. The summed E-state index contributed by atoms with van der Waals surface area (Å²) in [5.74, 6) is 1.69. The molecule has 0 spiro atoms. The zero-order valence-corrected chi connectivity index (χ0v) is 16.4. The third kappa shape index (κ3) is 2.90. The summed E-state index contributed by atoms with van der Waals surface area (Å²) in [7, 11) is 0. The van der Waals surface area contributed by atoms with Crippen molar-refractivity contribution < 1.29 is 14.3 Å². The molecule has 5 rings (SSSR count). The normalized spacial score (nSPS) is 18.1. The molecule has 0 N–H and O–H groups in total. The Morgan fingerprint density at radius 2 is 2.11 bits per heavy atom. The zero-order chi connectivity index (χ0) is 19.3. The van der Waals surface area contributed by atoms with E-state index < -0.39 is 0 Å². The summed E-state index contributed by atoms with van der Waals surface area (Å²) in [4.78, 5) is 32.4. The fourth-order valence-electron chi connectivity index (χ4n) is 3.94. The number of rotatable bonds is 3. The van der Waals surface area contributed by atoms with Gasteiger partial charge in [0, 0.05) is 10.4 Å². The molecule has 1 atom stereocenters. The first-order valence-electron chi connectivity index (χ1n) is 9.52. The largest absolute Gasteiger partial charge is 0.486 e. The van der Waals surface area contributed by atoms with Crippen LogP contribution in [0.2, 0.25) is 0 Å². The lowest BCUT2D eigenvalue weighted by atomic mass is 9.89. The predicted molar refractivity (Wildman–Crippen MR) is 107 cm³/mol. The lowest BCUT2D eigenvalue weighted by molar-refractivity contribution is 0.0969. The molecule has 1 aromatic carbocycles. The van der Waals surface area contributed by atoms with Gasteiger partial charge in [0.2, 0.25) is 0 Å². The summed E-state index contributed by atoms with van der Waals surface area (Å²) < 4.78 is 12.5. The summed E-state index contributed by atoms with van der Waals surface area (Å²) >= 11 is 1.62. The summed E-state index contributed by atoms with van der Waals surface area (Å²) in [6, 6.07) is 5.13. The Morgan fingerprint density at radius 1 is 1.29 bits per heavy atom. The molecule has 2 aliphatic rings. The van der Waals surface area contributed by atoms with Crippen LogP contribution in [0.3, 0.4) is 0 Å². The van der Waals surface area contributed by atoms with Gasteiger partial charge in [-0.05, 0) is 48.9 Å². The highest BCUT2D eigenvalue weighted by Crippen LogP contribution is 2.35. The minimum atomic E-state index is -0.155. The molecule has 6 nitrogen and oxygen atoms in total. The number of hydrogen-bond donors (Lipinski definition) is 0. The fraction of sp³-hybridized carbons (Fsp3) is 0.381. The topological polar surface area (TPSA) is 70.4 Å². The van der Waals surface area contributed by atoms with Gasteiger partial charge in [-0.2, -0.15) is 0 Å². The van der Waals surface area contributed by atoms with Gasteiger partial charge in [-0.25, -0.2) is 4.98 Å². The predicted octanol–water partition coefficient (Wildman–Crippen LogP) is 3.24. The first-order chi connectivity index (χ1) is 13.6. The van der Waals surface area contributed by atoms with Crippen molar-refractivity contribution >= 4 is 27.3 Å². The van der Waals surface area contributed by atoms with E-state index in [0.717, 1.165) is 29.7 Å². The summed E-state index contributed by atoms with van der Waals surface area (Å²) in [6.45, 7) is 3.17. The van der Waals surface area contributed by atoms with Crippen molar-refractivity contribution in [3.63, 3.8) is 0 Å². The molecule has 2 aromatic heterocycles. The molecular weight excluding hydrogens is 376 g/mol. The number of thiophene rings is 1. The van der Waals surface area contributed by atoms with Crippen LogP contribution in [0, 0.1) is 5.92 Å². The second-order valence-electron chi connectivity index (χ2n) is 7.49. The molecule has 3 aromatic rings. The number of nitrogens with zero attached hydrogens (tertiary/aromatic N) is 2. The van der Waals surface area contributed by atoms with E-state index in [1.807, 2.05) is 0 Å². The maximum Gasteiger partial charge on any atom is 0.262 e. The molecule has 1 unspecified atom stereocenters. The number of fused-ring (bicyclic) bond motifs is 4. The van der Waals surface area contributed by atoms with Crippen molar-refractivity contribution in [2.45, 2.75) is 32.7 Å². The van der Waals surface area contributed by atoms with Gasteiger partial charge in [-0.15, -0.1) is 11.3 Å². The molecule has 0 radical (unpaired) electrons. The van der Waals surface area contributed by atoms with E-state index in [9.17, 15) is 9.59 Å². The summed E-state index contributed by atoms with van der Waals surface area (Å²) in [5, 5.41) is 0.698. The van der Waals surface area contributed by atoms with E-state index in [2.05, 4.69) is 11.9 Å². The Kier molecular flexibility index (Phi) is 4.19. The average Bonchev–Trinajstić information content (AvgIpc) is 3.07. The highest BCUT2D eigenvalue weighted by molar-refractivity contribution is 7.18.